The third-order valence-corrected chi connectivity index (χ3v) is 7.78. The van der Waals surface area contributed by atoms with Crippen LogP contribution >= 0.6 is 0 Å². The molecule has 1 amide bonds. The fourth-order valence-corrected chi connectivity index (χ4v) is 5.62. The zero-order chi connectivity index (χ0) is 26.3. The van der Waals surface area contributed by atoms with E-state index in [4.69, 9.17) is 25.3 Å². The number of nitrogens with zero attached hydrogens (tertiary/aromatic N) is 5. The third-order valence-electron chi connectivity index (χ3n) is 7.78. The number of carbonyl (C=O) groups excluding carboxylic acids is 1. The number of hydrogen-bond acceptors (Lipinski definition) is 7. The number of nitrogens with two attached hydrogens (primary N) is 1. The van der Waals surface area contributed by atoms with Gasteiger partial charge in [0.25, 0.3) is 5.91 Å². The van der Waals surface area contributed by atoms with E-state index in [1.165, 1.54) is 0 Å². The van der Waals surface area contributed by atoms with Gasteiger partial charge in [-0.1, -0.05) is 6.07 Å². The molecule has 0 saturated carbocycles. The van der Waals surface area contributed by atoms with Crippen LogP contribution in [0.1, 0.15) is 10.4 Å². The maximum atomic E-state index is 12.5. The van der Waals surface area contributed by atoms with Gasteiger partial charge < -0.3 is 25.1 Å². The predicted octanol–water partition coefficient (Wildman–Crippen LogP) is 3.00. The number of primary amides is 1. The highest BCUT2D eigenvalue weighted by Gasteiger charge is 2.19. The lowest BCUT2D eigenvalue weighted by Gasteiger charge is -2.28. The van der Waals surface area contributed by atoms with Crippen molar-refractivity contribution in [3.05, 3.63) is 54.2 Å². The van der Waals surface area contributed by atoms with Crippen molar-refractivity contribution in [1.29, 1.82) is 0 Å². The number of H-pyrrole nitrogens is 1. The molecule has 10 heteroatoms. The Morgan fingerprint density at radius 1 is 0.949 bits per heavy atom. The van der Waals surface area contributed by atoms with Crippen molar-refractivity contribution in [2.45, 2.75) is 6.54 Å². The molecule has 3 aromatic heterocycles. The van der Waals surface area contributed by atoms with Crippen LogP contribution in [0.3, 0.4) is 0 Å². The lowest BCUT2D eigenvalue weighted by atomic mass is 10.1. The lowest BCUT2D eigenvalue weighted by Crippen LogP contribution is -2.38. The van der Waals surface area contributed by atoms with Crippen molar-refractivity contribution in [3.63, 3.8) is 0 Å². The molecule has 39 heavy (non-hydrogen) atoms. The highest BCUT2D eigenvalue weighted by molar-refractivity contribution is 6.14. The van der Waals surface area contributed by atoms with Gasteiger partial charge >= 0.3 is 0 Å². The zero-order valence-corrected chi connectivity index (χ0v) is 21.7. The minimum absolute atomic E-state index is 0.431. The molecule has 2 aromatic carbocycles. The van der Waals surface area contributed by atoms with Crippen LogP contribution in [0, 0.1) is 0 Å². The van der Waals surface area contributed by atoms with Crippen LogP contribution in [-0.2, 0) is 16.0 Å². The first-order chi connectivity index (χ1) is 19.1. The fraction of sp³-hybridized carbons (Fsp3) is 0.345. The van der Waals surface area contributed by atoms with Crippen LogP contribution in [0.5, 0.6) is 0 Å². The molecule has 5 aromatic rings. The number of pyridine rings is 1. The molecule has 200 valence electrons. The number of rotatable bonds is 6. The second-order valence-electron chi connectivity index (χ2n) is 10.2. The quantitative estimate of drug-likeness (QED) is 0.350. The average Bonchev–Trinajstić information content (AvgIpc) is 3.56. The maximum Gasteiger partial charge on any atom is 0.250 e. The molecule has 10 nitrogen and oxygen atoms in total. The van der Waals surface area contributed by atoms with Gasteiger partial charge in [-0.25, -0.2) is 4.98 Å². The number of amides is 1. The van der Waals surface area contributed by atoms with Crippen molar-refractivity contribution in [2.75, 3.05) is 64.1 Å². The highest BCUT2D eigenvalue weighted by Crippen LogP contribution is 2.33. The van der Waals surface area contributed by atoms with Crippen molar-refractivity contribution in [2.24, 2.45) is 5.73 Å². The first kappa shape index (κ1) is 24.1. The number of morpholine rings is 2. The Labute approximate surface area is 225 Å². The molecule has 0 aliphatic carbocycles. The van der Waals surface area contributed by atoms with Crippen molar-refractivity contribution >= 4 is 44.4 Å². The molecule has 2 saturated heterocycles. The molecule has 7 rings (SSSR count). The Balaban J connectivity index is 1.24. The summed E-state index contributed by atoms with van der Waals surface area (Å²) in [5, 5.41) is 6.75. The van der Waals surface area contributed by atoms with E-state index in [1.54, 1.807) is 6.07 Å². The van der Waals surface area contributed by atoms with Crippen LogP contribution in [0.15, 0.2) is 48.7 Å². The summed E-state index contributed by atoms with van der Waals surface area (Å²) in [5.41, 5.74) is 12.3. The van der Waals surface area contributed by atoms with Crippen LogP contribution < -0.4 is 10.6 Å². The standard InChI is InChI=1S/C29H31N7O3/c30-29(37)23-17-25(19-1-4-24-20(15-19)18-36(33-24)6-5-34-7-11-38-12-8-34)31-27-22-3-2-21(16-26(22)32-28(23)27)35-9-13-39-14-10-35/h1-4,15-18,32H,5-14H2,(H2,30,37). The second-order valence-corrected chi connectivity index (χ2v) is 10.2. The number of carbonyl (C=O) groups is 1. The molecule has 0 bridgehead atoms. The molecule has 5 heterocycles. The number of aromatic nitrogens is 4. The molecule has 0 spiro atoms. The summed E-state index contributed by atoms with van der Waals surface area (Å²) in [7, 11) is 0. The van der Waals surface area contributed by atoms with Crippen molar-refractivity contribution in [1.82, 2.24) is 24.6 Å². The van der Waals surface area contributed by atoms with E-state index in [-0.39, 0.29) is 0 Å². The van der Waals surface area contributed by atoms with E-state index in [9.17, 15) is 4.79 Å². The largest absolute Gasteiger partial charge is 0.379 e. The van der Waals surface area contributed by atoms with Gasteiger partial charge in [0.05, 0.1) is 66.3 Å². The van der Waals surface area contributed by atoms with Gasteiger partial charge in [0.2, 0.25) is 0 Å². The minimum Gasteiger partial charge on any atom is -0.379 e. The SMILES string of the molecule is NC(=O)c1cc(-c2ccc3nn(CCN4CCOCC4)cc3c2)nc2c1[nH]c1cc(N3CCOCC3)ccc12. The topological polar surface area (TPSA) is 115 Å². The monoisotopic (exact) mass is 525 g/mol. The highest BCUT2D eigenvalue weighted by atomic mass is 16.5. The fourth-order valence-electron chi connectivity index (χ4n) is 5.62. The summed E-state index contributed by atoms with van der Waals surface area (Å²) >= 11 is 0. The first-order valence-electron chi connectivity index (χ1n) is 13.5. The van der Waals surface area contributed by atoms with E-state index in [0.29, 0.717) is 16.8 Å². The van der Waals surface area contributed by atoms with Gasteiger partial charge in [0.1, 0.15) is 0 Å². The van der Waals surface area contributed by atoms with Crippen LogP contribution in [0.2, 0.25) is 0 Å². The van der Waals surface area contributed by atoms with E-state index < -0.39 is 5.91 Å². The molecular formula is C29H31N7O3. The first-order valence-corrected chi connectivity index (χ1v) is 13.5. The molecule has 3 N–H and O–H groups in total. The van der Waals surface area contributed by atoms with Crippen molar-refractivity contribution < 1.29 is 14.3 Å². The summed E-state index contributed by atoms with van der Waals surface area (Å²) in [6, 6.07) is 14.2. The normalized spacial score (nSPS) is 17.0. The van der Waals surface area contributed by atoms with Crippen LogP contribution in [0.4, 0.5) is 5.69 Å². The number of nitrogens with one attached hydrogen (secondary N) is 1. The van der Waals surface area contributed by atoms with Gasteiger partial charge in [0, 0.05) is 60.9 Å². The summed E-state index contributed by atoms with van der Waals surface area (Å²) in [6.07, 6.45) is 2.08. The third kappa shape index (κ3) is 4.60. The number of ether oxygens (including phenoxy) is 2. The summed E-state index contributed by atoms with van der Waals surface area (Å²) in [4.78, 5) is 25.7. The van der Waals surface area contributed by atoms with Gasteiger partial charge in [-0.3, -0.25) is 14.4 Å². The second kappa shape index (κ2) is 9.96. The van der Waals surface area contributed by atoms with Crippen LogP contribution in [0.25, 0.3) is 44.1 Å². The number of hydrogen-bond donors (Lipinski definition) is 2. The molecule has 2 aliphatic heterocycles. The Bertz CT molecular complexity index is 1680. The smallest absolute Gasteiger partial charge is 0.250 e. The number of aromatic amines is 1. The van der Waals surface area contributed by atoms with E-state index in [1.807, 2.05) is 16.8 Å². The average molecular weight is 526 g/mol. The van der Waals surface area contributed by atoms with Crippen LogP contribution in [-0.4, -0.2) is 89.7 Å². The maximum absolute atomic E-state index is 12.5. The van der Waals surface area contributed by atoms with Gasteiger partial charge in [-0.2, -0.15) is 5.10 Å². The summed E-state index contributed by atoms with van der Waals surface area (Å²) in [6.45, 7) is 8.42. The Morgan fingerprint density at radius 2 is 1.74 bits per heavy atom. The molecular weight excluding hydrogens is 494 g/mol. The molecule has 0 atom stereocenters. The van der Waals surface area contributed by atoms with E-state index in [0.717, 1.165) is 104 Å². The number of benzene rings is 2. The van der Waals surface area contributed by atoms with Gasteiger partial charge in [-0.05, 0) is 36.4 Å². The Kier molecular flexibility index (Phi) is 6.15. The number of fused-ring (bicyclic) bond motifs is 4. The minimum atomic E-state index is -0.486. The van der Waals surface area contributed by atoms with E-state index >= 15 is 0 Å². The molecule has 0 radical (unpaired) electrons. The molecule has 2 aliphatic rings. The Morgan fingerprint density at radius 3 is 2.54 bits per heavy atom. The Hall–Kier alpha value is -3.99. The van der Waals surface area contributed by atoms with E-state index in [2.05, 4.69) is 45.2 Å². The molecule has 0 unspecified atom stereocenters. The van der Waals surface area contributed by atoms with Gasteiger partial charge in [-0.15, -0.1) is 0 Å². The summed E-state index contributed by atoms with van der Waals surface area (Å²) in [5.74, 6) is -0.486. The molecule has 2 fully saturated rings. The van der Waals surface area contributed by atoms with Crippen molar-refractivity contribution in [3.8, 4) is 11.3 Å². The lowest BCUT2D eigenvalue weighted by molar-refractivity contribution is 0.0360. The summed E-state index contributed by atoms with van der Waals surface area (Å²) < 4.78 is 12.9. The number of anilines is 1. The van der Waals surface area contributed by atoms with Gasteiger partial charge in [0.15, 0.2) is 0 Å². The predicted molar refractivity (Wildman–Crippen MR) is 151 cm³/mol. The zero-order valence-electron chi connectivity index (χ0n) is 21.7.